The molecular weight excluding hydrogens is 188 g/mol. The third kappa shape index (κ3) is 2.55. The van der Waals surface area contributed by atoms with Crippen LogP contribution >= 0.6 is 0 Å². The number of hydrogen-bond acceptors (Lipinski definition) is 2. The van der Waals surface area contributed by atoms with E-state index in [1.807, 2.05) is 30.3 Å². The molecule has 0 unspecified atom stereocenters. The molecular formula is C12H8N2O. The molecule has 3 heteroatoms. The molecule has 3 nitrogen and oxygen atoms in total. The van der Waals surface area contributed by atoms with Gasteiger partial charge in [0, 0.05) is 16.7 Å². The van der Waals surface area contributed by atoms with Gasteiger partial charge in [-0.15, -0.1) is 0 Å². The predicted molar refractivity (Wildman–Crippen MR) is 55.6 cm³/mol. The molecule has 0 N–H and O–H groups in total. The third-order valence-corrected chi connectivity index (χ3v) is 1.78. The number of rotatable bonds is 0. The lowest BCUT2D eigenvalue weighted by Crippen LogP contribution is -2.30. The fourth-order valence-corrected chi connectivity index (χ4v) is 1.11. The van der Waals surface area contributed by atoms with E-state index < -0.39 is 0 Å². The number of aromatic nitrogens is 2. The average molecular weight is 196 g/mol. The minimum atomic E-state index is 0.469. The van der Waals surface area contributed by atoms with Crippen molar-refractivity contribution in [1.82, 2.24) is 5.10 Å². The fourth-order valence-electron chi connectivity index (χ4n) is 1.11. The van der Waals surface area contributed by atoms with Gasteiger partial charge >= 0.3 is 0 Å². The Morgan fingerprint density at radius 2 is 1.80 bits per heavy atom. The highest BCUT2D eigenvalue weighted by molar-refractivity contribution is 5.38. The van der Waals surface area contributed by atoms with Crippen molar-refractivity contribution in [2.45, 2.75) is 0 Å². The van der Waals surface area contributed by atoms with Gasteiger partial charge in [0.2, 0.25) is 6.20 Å². The molecule has 0 aliphatic carbocycles. The van der Waals surface area contributed by atoms with Crippen molar-refractivity contribution in [3.05, 3.63) is 65.1 Å². The average Bonchev–Trinajstić information content (AvgIpc) is 2.28. The molecule has 72 valence electrons. The maximum atomic E-state index is 10.8. The van der Waals surface area contributed by atoms with Crippen LogP contribution in [0.25, 0.3) is 0 Å². The lowest BCUT2D eigenvalue weighted by atomic mass is 10.2. The largest absolute Gasteiger partial charge is 0.594 e. The lowest BCUT2D eigenvalue weighted by Gasteiger charge is -1.90. The molecule has 2 rings (SSSR count). The van der Waals surface area contributed by atoms with Crippen LogP contribution in [-0.4, -0.2) is 5.10 Å². The number of hydrogen-bond donors (Lipinski definition) is 0. The van der Waals surface area contributed by atoms with Gasteiger partial charge in [-0.1, -0.05) is 29.0 Å². The Labute approximate surface area is 87.6 Å². The topological polar surface area (TPSA) is 39.8 Å². The summed E-state index contributed by atoms with van der Waals surface area (Å²) < 4.78 is 0. The third-order valence-electron chi connectivity index (χ3n) is 1.78. The summed E-state index contributed by atoms with van der Waals surface area (Å²) in [5.74, 6) is 5.74. The van der Waals surface area contributed by atoms with E-state index in [0.717, 1.165) is 5.56 Å². The highest BCUT2D eigenvalue weighted by Gasteiger charge is 1.92. The van der Waals surface area contributed by atoms with Crippen molar-refractivity contribution in [3.8, 4) is 11.8 Å². The lowest BCUT2D eigenvalue weighted by molar-refractivity contribution is -0.669. The first-order chi connectivity index (χ1) is 7.34. The summed E-state index contributed by atoms with van der Waals surface area (Å²) in [5, 5.41) is 14.5. The van der Waals surface area contributed by atoms with Gasteiger partial charge in [-0.25, -0.2) is 0 Å². The van der Waals surface area contributed by atoms with Gasteiger partial charge < -0.3 is 5.21 Å². The molecule has 0 saturated carbocycles. The Kier molecular flexibility index (Phi) is 2.61. The maximum absolute atomic E-state index is 10.8. The first-order valence-corrected chi connectivity index (χ1v) is 4.48. The molecule has 2 aromatic rings. The van der Waals surface area contributed by atoms with E-state index in [1.165, 1.54) is 6.20 Å². The van der Waals surface area contributed by atoms with Gasteiger partial charge in [0.05, 0.1) is 0 Å². The first kappa shape index (κ1) is 9.22. The second kappa shape index (κ2) is 4.25. The zero-order chi connectivity index (χ0) is 10.5. The van der Waals surface area contributed by atoms with Crippen molar-refractivity contribution in [1.29, 1.82) is 0 Å². The van der Waals surface area contributed by atoms with Crippen molar-refractivity contribution in [2.75, 3.05) is 0 Å². The molecule has 15 heavy (non-hydrogen) atoms. The quantitative estimate of drug-likeness (QED) is 0.360. The summed E-state index contributed by atoms with van der Waals surface area (Å²) in [6.07, 6.45) is 1.33. The Hall–Kier alpha value is -2.34. The molecule has 0 radical (unpaired) electrons. The Morgan fingerprint density at radius 1 is 1.00 bits per heavy atom. The first-order valence-electron chi connectivity index (χ1n) is 4.48. The number of nitrogens with zero attached hydrogens (tertiary/aromatic N) is 2. The van der Waals surface area contributed by atoms with Crippen LogP contribution in [0.3, 0.4) is 0 Å². The molecule has 0 aliphatic rings. The summed E-state index contributed by atoms with van der Waals surface area (Å²) in [7, 11) is 0. The molecule has 0 bridgehead atoms. The van der Waals surface area contributed by atoms with E-state index in [9.17, 15) is 5.21 Å². The minimum Gasteiger partial charge on any atom is -0.594 e. The van der Waals surface area contributed by atoms with E-state index in [-0.39, 0.29) is 0 Å². The normalized spacial score (nSPS) is 9.07. The van der Waals surface area contributed by atoms with Crippen LogP contribution in [0.2, 0.25) is 0 Å². The SMILES string of the molecule is [O-][n+]1cccc(C#Cc2ccccc2)n1. The molecule has 0 atom stereocenters. The number of benzene rings is 1. The van der Waals surface area contributed by atoms with E-state index >= 15 is 0 Å². The highest BCUT2D eigenvalue weighted by Crippen LogP contribution is 1.95. The summed E-state index contributed by atoms with van der Waals surface area (Å²) in [6.45, 7) is 0. The van der Waals surface area contributed by atoms with E-state index in [1.54, 1.807) is 12.1 Å². The Morgan fingerprint density at radius 3 is 2.53 bits per heavy atom. The molecule has 1 aromatic heterocycles. The second-order valence-electron chi connectivity index (χ2n) is 2.91. The van der Waals surface area contributed by atoms with Crippen LogP contribution in [0.15, 0.2) is 48.7 Å². The monoisotopic (exact) mass is 196 g/mol. The van der Waals surface area contributed by atoms with E-state index in [2.05, 4.69) is 16.9 Å². The van der Waals surface area contributed by atoms with Crippen LogP contribution in [0.1, 0.15) is 11.3 Å². The van der Waals surface area contributed by atoms with E-state index in [0.29, 0.717) is 10.5 Å². The molecule has 0 amide bonds. The fraction of sp³-hybridized carbons (Fsp3) is 0. The predicted octanol–water partition coefficient (Wildman–Crippen LogP) is 1.11. The zero-order valence-electron chi connectivity index (χ0n) is 7.92. The summed E-state index contributed by atoms with van der Waals surface area (Å²) in [6, 6.07) is 12.9. The van der Waals surface area contributed by atoms with Crippen LogP contribution in [0, 0.1) is 17.0 Å². The van der Waals surface area contributed by atoms with Crippen LogP contribution in [0.4, 0.5) is 0 Å². The molecule has 0 spiro atoms. The van der Waals surface area contributed by atoms with Gasteiger partial charge in [0.25, 0.3) is 0 Å². The van der Waals surface area contributed by atoms with Crippen molar-refractivity contribution in [2.24, 2.45) is 0 Å². The van der Waals surface area contributed by atoms with Crippen molar-refractivity contribution in [3.63, 3.8) is 0 Å². The summed E-state index contributed by atoms with van der Waals surface area (Å²) >= 11 is 0. The molecule has 0 aliphatic heterocycles. The van der Waals surface area contributed by atoms with Gasteiger partial charge in [0.15, 0.2) is 5.69 Å². The Bertz CT molecular complexity index is 512. The van der Waals surface area contributed by atoms with E-state index in [4.69, 9.17) is 0 Å². The molecule has 1 heterocycles. The van der Waals surface area contributed by atoms with Crippen molar-refractivity contribution >= 4 is 0 Å². The van der Waals surface area contributed by atoms with Gasteiger partial charge in [-0.05, 0) is 24.1 Å². The second-order valence-corrected chi connectivity index (χ2v) is 2.91. The summed E-state index contributed by atoms with van der Waals surface area (Å²) in [5.41, 5.74) is 1.37. The summed E-state index contributed by atoms with van der Waals surface area (Å²) in [4.78, 5) is 0.495. The maximum Gasteiger partial charge on any atom is 0.209 e. The van der Waals surface area contributed by atoms with Gasteiger partial charge in [-0.2, -0.15) is 0 Å². The standard InChI is InChI=1S/C12H8N2O/c15-14-10-4-7-12(13-14)9-8-11-5-2-1-3-6-11/h1-7,10H. The van der Waals surface area contributed by atoms with Gasteiger partial charge in [0.1, 0.15) is 0 Å². The van der Waals surface area contributed by atoms with Crippen LogP contribution in [0.5, 0.6) is 0 Å². The van der Waals surface area contributed by atoms with Gasteiger partial charge in [-0.3, -0.25) is 0 Å². The minimum absolute atomic E-state index is 0.469. The van der Waals surface area contributed by atoms with Crippen LogP contribution < -0.4 is 4.85 Å². The van der Waals surface area contributed by atoms with Crippen LogP contribution in [-0.2, 0) is 0 Å². The molecule has 0 fully saturated rings. The highest BCUT2D eigenvalue weighted by atomic mass is 16.5. The van der Waals surface area contributed by atoms with Crippen molar-refractivity contribution < 1.29 is 4.85 Å². The Balaban J connectivity index is 2.26. The smallest absolute Gasteiger partial charge is 0.209 e. The molecule has 1 aromatic carbocycles. The zero-order valence-corrected chi connectivity index (χ0v) is 7.92. The molecule has 0 saturated heterocycles.